The summed E-state index contributed by atoms with van der Waals surface area (Å²) >= 11 is 5.78. The molecule has 1 aromatic carbocycles. The summed E-state index contributed by atoms with van der Waals surface area (Å²) in [6.07, 6.45) is 2.13. The molecule has 0 saturated carbocycles. The fourth-order valence-electron chi connectivity index (χ4n) is 2.13. The molecule has 88 valence electrons. The average molecular weight is 249 g/mol. The number of alkyl halides is 1. The topological polar surface area (TPSA) is 27.1 Å². The quantitative estimate of drug-likeness (QED) is 0.764. The maximum Gasteiger partial charge on any atom is 0.135 e. The molecule has 0 fully saturated rings. The first-order valence-corrected chi connectivity index (χ1v) is 6.17. The lowest BCUT2D eigenvalue weighted by atomic mass is 10.1. The van der Waals surface area contributed by atoms with Crippen molar-refractivity contribution in [2.75, 3.05) is 0 Å². The van der Waals surface area contributed by atoms with Crippen molar-refractivity contribution in [2.24, 2.45) is 0 Å². The van der Waals surface area contributed by atoms with Gasteiger partial charge in [0, 0.05) is 6.20 Å². The lowest BCUT2D eigenvalue weighted by molar-refractivity contribution is 0.000487. The van der Waals surface area contributed by atoms with Crippen LogP contribution in [0, 0.1) is 0 Å². The van der Waals surface area contributed by atoms with E-state index in [2.05, 4.69) is 21.7 Å². The Labute approximate surface area is 105 Å². The lowest BCUT2D eigenvalue weighted by Gasteiger charge is -2.24. The summed E-state index contributed by atoms with van der Waals surface area (Å²) in [6, 6.07) is 10.3. The van der Waals surface area contributed by atoms with E-state index in [4.69, 9.17) is 16.3 Å². The minimum atomic E-state index is 0.112. The molecule has 1 atom stereocenters. The largest absolute Gasteiger partial charge is 0.364 e. The summed E-state index contributed by atoms with van der Waals surface area (Å²) < 4.78 is 7.96. The van der Waals surface area contributed by atoms with Crippen LogP contribution in [0.4, 0.5) is 0 Å². The van der Waals surface area contributed by atoms with Crippen molar-refractivity contribution in [2.45, 2.75) is 25.1 Å². The van der Waals surface area contributed by atoms with Gasteiger partial charge in [-0.25, -0.2) is 4.98 Å². The molecular weight excluding hydrogens is 236 g/mol. The van der Waals surface area contributed by atoms with Gasteiger partial charge >= 0.3 is 0 Å². The third-order valence-electron chi connectivity index (χ3n) is 2.99. The van der Waals surface area contributed by atoms with Crippen LogP contribution in [-0.2, 0) is 23.8 Å². The second-order valence-electron chi connectivity index (χ2n) is 4.14. The Bertz CT molecular complexity index is 509. The number of fused-ring (bicyclic) bond motifs is 1. The Morgan fingerprint density at radius 1 is 1.35 bits per heavy atom. The predicted molar refractivity (Wildman–Crippen MR) is 65.8 cm³/mol. The summed E-state index contributed by atoms with van der Waals surface area (Å²) in [4.78, 5) is 4.40. The third-order valence-corrected chi connectivity index (χ3v) is 3.27. The van der Waals surface area contributed by atoms with Crippen molar-refractivity contribution >= 4 is 11.6 Å². The SMILES string of the molecule is ClCc1cn2c(n1)CO[C@H](c1ccccc1)C2. The molecular formula is C13H13ClN2O. The number of ether oxygens (including phenoxy) is 1. The minimum Gasteiger partial charge on any atom is -0.364 e. The molecule has 17 heavy (non-hydrogen) atoms. The van der Waals surface area contributed by atoms with Gasteiger partial charge in [0.25, 0.3) is 0 Å². The van der Waals surface area contributed by atoms with Crippen molar-refractivity contribution < 1.29 is 4.74 Å². The van der Waals surface area contributed by atoms with Gasteiger partial charge in [-0.05, 0) is 5.56 Å². The van der Waals surface area contributed by atoms with Gasteiger partial charge in [0.05, 0.1) is 18.1 Å². The summed E-state index contributed by atoms with van der Waals surface area (Å²) in [5.74, 6) is 1.42. The highest BCUT2D eigenvalue weighted by Gasteiger charge is 2.21. The van der Waals surface area contributed by atoms with Gasteiger partial charge in [-0.2, -0.15) is 0 Å². The maximum absolute atomic E-state index is 5.82. The number of benzene rings is 1. The molecule has 1 aliphatic heterocycles. The Morgan fingerprint density at radius 2 is 2.18 bits per heavy atom. The van der Waals surface area contributed by atoms with Crippen LogP contribution in [-0.4, -0.2) is 9.55 Å². The number of rotatable bonds is 2. The summed E-state index contributed by atoms with van der Waals surface area (Å²) in [5.41, 5.74) is 2.12. The number of nitrogens with zero attached hydrogens (tertiary/aromatic N) is 2. The van der Waals surface area contributed by atoms with Crippen LogP contribution >= 0.6 is 11.6 Å². The lowest BCUT2D eigenvalue weighted by Crippen LogP contribution is -2.20. The molecule has 2 aromatic rings. The standard InChI is InChI=1S/C13H13ClN2O/c14-6-11-7-16-8-12(17-9-13(16)15-11)10-4-2-1-3-5-10/h1-5,7,12H,6,8-9H2/t12-/m0/s1. The first-order chi connectivity index (χ1) is 8.36. The van der Waals surface area contributed by atoms with Crippen molar-refractivity contribution in [3.05, 3.63) is 53.6 Å². The van der Waals surface area contributed by atoms with E-state index in [1.165, 1.54) is 5.56 Å². The molecule has 0 amide bonds. The monoisotopic (exact) mass is 248 g/mol. The first-order valence-electron chi connectivity index (χ1n) is 5.64. The Balaban J connectivity index is 1.85. The molecule has 3 nitrogen and oxygen atoms in total. The molecule has 1 aromatic heterocycles. The van der Waals surface area contributed by atoms with Gasteiger partial charge in [-0.15, -0.1) is 11.6 Å². The van der Waals surface area contributed by atoms with Crippen LogP contribution in [0.15, 0.2) is 36.5 Å². The summed E-state index contributed by atoms with van der Waals surface area (Å²) in [6.45, 7) is 1.36. The van der Waals surface area contributed by atoms with Crippen LogP contribution in [0.1, 0.15) is 23.2 Å². The fraction of sp³-hybridized carbons (Fsp3) is 0.308. The molecule has 0 N–H and O–H groups in total. The zero-order chi connectivity index (χ0) is 11.7. The molecule has 4 heteroatoms. The molecule has 0 spiro atoms. The summed E-state index contributed by atoms with van der Waals surface area (Å²) in [5, 5.41) is 0. The molecule has 0 radical (unpaired) electrons. The van der Waals surface area contributed by atoms with E-state index in [9.17, 15) is 0 Å². The van der Waals surface area contributed by atoms with E-state index in [1.54, 1.807) is 0 Å². The number of aromatic nitrogens is 2. The highest BCUT2D eigenvalue weighted by atomic mass is 35.5. The molecule has 0 bridgehead atoms. The van der Waals surface area contributed by atoms with E-state index in [-0.39, 0.29) is 6.10 Å². The predicted octanol–water partition coefficient (Wildman–Crippen LogP) is 2.89. The van der Waals surface area contributed by atoms with Crippen LogP contribution < -0.4 is 0 Å². The number of hydrogen-bond donors (Lipinski definition) is 0. The molecule has 0 saturated heterocycles. The number of halogens is 1. The minimum absolute atomic E-state index is 0.112. The highest BCUT2D eigenvalue weighted by Crippen LogP contribution is 2.26. The second-order valence-corrected chi connectivity index (χ2v) is 4.41. The molecule has 0 aliphatic carbocycles. The Kier molecular flexibility index (Phi) is 2.87. The summed E-state index contributed by atoms with van der Waals surface area (Å²) in [7, 11) is 0. The molecule has 2 heterocycles. The van der Waals surface area contributed by atoms with E-state index in [0.717, 1.165) is 18.1 Å². The van der Waals surface area contributed by atoms with E-state index < -0.39 is 0 Å². The van der Waals surface area contributed by atoms with Gasteiger partial charge in [0.15, 0.2) is 0 Å². The van der Waals surface area contributed by atoms with Crippen LogP contribution in [0.3, 0.4) is 0 Å². The van der Waals surface area contributed by atoms with Gasteiger partial charge < -0.3 is 9.30 Å². The Hall–Kier alpha value is -1.32. The van der Waals surface area contributed by atoms with E-state index in [0.29, 0.717) is 12.5 Å². The highest BCUT2D eigenvalue weighted by molar-refractivity contribution is 6.16. The number of hydrogen-bond acceptors (Lipinski definition) is 2. The zero-order valence-electron chi connectivity index (χ0n) is 9.34. The zero-order valence-corrected chi connectivity index (χ0v) is 10.1. The van der Waals surface area contributed by atoms with Gasteiger partial charge in [0.2, 0.25) is 0 Å². The van der Waals surface area contributed by atoms with Crippen LogP contribution in [0.5, 0.6) is 0 Å². The van der Waals surface area contributed by atoms with E-state index in [1.807, 2.05) is 24.4 Å². The van der Waals surface area contributed by atoms with E-state index >= 15 is 0 Å². The van der Waals surface area contributed by atoms with Crippen LogP contribution in [0.25, 0.3) is 0 Å². The van der Waals surface area contributed by atoms with Gasteiger partial charge in [0.1, 0.15) is 18.5 Å². The van der Waals surface area contributed by atoms with Crippen molar-refractivity contribution in [1.82, 2.24) is 9.55 Å². The smallest absolute Gasteiger partial charge is 0.135 e. The number of imidazole rings is 1. The van der Waals surface area contributed by atoms with Crippen molar-refractivity contribution in [3.63, 3.8) is 0 Å². The second kappa shape index (κ2) is 4.51. The normalized spacial score (nSPS) is 19.0. The van der Waals surface area contributed by atoms with Crippen molar-refractivity contribution in [1.29, 1.82) is 0 Å². The van der Waals surface area contributed by atoms with Crippen LogP contribution in [0.2, 0.25) is 0 Å². The molecule has 0 unspecified atom stereocenters. The third kappa shape index (κ3) is 2.08. The molecule has 3 rings (SSSR count). The van der Waals surface area contributed by atoms with Gasteiger partial charge in [-0.3, -0.25) is 0 Å². The van der Waals surface area contributed by atoms with Crippen molar-refractivity contribution in [3.8, 4) is 0 Å². The first kappa shape index (κ1) is 10.8. The fourth-order valence-corrected chi connectivity index (χ4v) is 2.26. The average Bonchev–Trinajstić information content (AvgIpc) is 2.81. The maximum atomic E-state index is 5.82. The van der Waals surface area contributed by atoms with Gasteiger partial charge in [-0.1, -0.05) is 30.3 Å². The molecule has 1 aliphatic rings. The Morgan fingerprint density at radius 3 is 2.94 bits per heavy atom.